The van der Waals surface area contributed by atoms with Gasteiger partial charge in [-0.3, -0.25) is 4.90 Å². The second-order valence-electron chi connectivity index (χ2n) is 4.40. The number of hydrogen-bond acceptors (Lipinski definition) is 3. The Balaban J connectivity index is 2.00. The average molecular weight is 259 g/mol. The van der Waals surface area contributed by atoms with E-state index in [4.69, 9.17) is 9.52 Å². The molecule has 2 aromatic rings. The standard InChI is InChI=1S/C15H17NO3/c1-2-16(9-12-6-4-3-5-7-12)10-14-8-13(11-19-14)15(17)18/h3-8,11H,2,9-10H2,1H3,(H,17,18). The van der Waals surface area contributed by atoms with Gasteiger partial charge < -0.3 is 9.52 Å². The maximum atomic E-state index is 10.8. The van der Waals surface area contributed by atoms with E-state index in [2.05, 4.69) is 24.0 Å². The predicted octanol–water partition coefficient (Wildman–Crippen LogP) is 3.00. The fraction of sp³-hybridized carbons (Fsp3) is 0.267. The molecule has 0 unspecified atom stereocenters. The van der Waals surface area contributed by atoms with Crippen molar-refractivity contribution in [3.8, 4) is 0 Å². The number of benzene rings is 1. The van der Waals surface area contributed by atoms with Crippen LogP contribution in [-0.4, -0.2) is 22.5 Å². The van der Waals surface area contributed by atoms with Gasteiger partial charge in [0.2, 0.25) is 0 Å². The summed E-state index contributed by atoms with van der Waals surface area (Å²) in [6.45, 7) is 4.38. The highest BCUT2D eigenvalue weighted by Crippen LogP contribution is 2.13. The lowest BCUT2D eigenvalue weighted by molar-refractivity contribution is 0.0696. The second-order valence-corrected chi connectivity index (χ2v) is 4.40. The molecule has 0 aliphatic rings. The van der Waals surface area contributed by atoms with E-state index in [0.29, 0.717) is 12.3 Å². The highest BCUT2D eigenvalue weighted by molar-refractivity contribution is 5.87. The van der Waals surface area contributed by atoms with Crippen LogP contribution in [0.5, 0.6) is 0 Å². The Kier molecular flexibility index (Phi) is 4.36. The summed E-state index contributed by atoms with van der Waals surface area (Å²) < 4.78 is 5.27. The molecule has 4 heteroatoms. The first kappa shape index (κ1) is 13.4. The van der Waals surface area contributed by atoms with E-state index in [1.54, 1.807) is 6.07 Å². The number of carbonyl (C=O) groups is 1. The van der Waals surface area contributed by atoms with Gasteiger partial charge >= 0.3 is 5.97 Å². The highest BCUT2D eigenvalue weighted by atomic mass is 16.4. The van der Waals surface area contributed by atoms with Gasteiger partial charge in [-0.2, -0.15) is 0 Å². The van der Waals surface area contributed by atoms with Gasteiger partial charge in [0.25, 0.3) is 0 Å². The quantitative estimate of drug-likeness (QED) is 0.866. The molecular weight excluding hydrogens is 242 g/mol. The average Bonchev–Trinajstić information content (AvgIpc) is 2.88. The molecule has 1 N–H and O–H groups in total. The SMILES string of the molecule is CCN(Cc1ccccc1)Cc1cc(C(=O)O)co1. The van der Waals surface area contributed by atoms with E-state index < -0.39 is 5.97 Å². The number of aromatic carboxylic acids is 1. The van der Waals surface area contributed by atoms with Gasteiger partial charge in [0.15, 0.2) is 0 Å². The molecule has 0 aliphatic carbocycles. The second kappa shape index (κ2) is 6.20. The van der Waals surface area contributed by atoms with E-state index in [-0.39, 0.29) is 5.56 Å². The van der Waals surface area contributed by atoms with E-state index in [1.807, 2.05) is 18.2 Å². The monoisotopic (exact) mass is 259 g/mol. The Morgan fingerprint density at radius 1 is 1.26 bits per heavy atom. The molecular formula is C15H17NO3. The van der Waals surface area contributed by atoms with E-state index in [0.717, 1.165) is 13.1 Å². The molecule has 1 aromatic carbocycles. The summed E-state index contributed by atoms with van der Waals surface area (Å²) in [5.41, 5.74) is 1.43. The molecule has 0 radical (unpaired) electrons. The van der Waals surface area contributed by atoms with Crippen LogP contribution in [0.4, 0.5) is 0 Å². The van der Waals surface area contributed by atoms with Crippen molar-refractivity contribution >= 4 is 5.97 Å². The van der Waals surface area contributed by atoms with Crippen molar-refractivity contribution in [2.24, 2.45) is 0 Å². The fourth-order valence-electron chi connectivity index (χ4n) is 1.92. The minimum absolute atomic E-state index is 0.200. The van der Waals surface area contributed by atoms with Crippen LogP contribution >= 0.6 is 0 Å². The van der Waals surface area contributed by atoms with Gasteiger partial charge in [0.1, 0.15) is 12.0 Å². The zero-order chi connectivity index (χ0) is 13.7. The maximum absolute atomic E-state index is 10.8. The van der Waals surface area contributed by atoms with Crippen LogP contribution in [0.1, 0.15) is 28.6 Å². The van der Waals surface area contributed by atoms with Crippen LogP contribution in [0.3, 0.4) is 0 Å². The Morgan fingerprint density at radius 3 is 2.58 bits per heavy atom. The Morgan fingerprint density at radius 2 is 2.00 bits per heavy atom. The lowest BCUT2D eigenvalue weighted by Crippen LogP contribution is -2.21. The number of carboxylic acids is 1. The molecule has 0 saturated heterocycles. The molecule has 100 valence electrons. The summed E-state index contributed by atoms with van der Waals surface area (Å²) >= 11 is 0. The molecule has 1 heterocycles. The molecule has 0 aliphatic heterocycles. The molecule has 0 bridgehead atoms. The van der Waals surface area contributed by atoms with Gasteiger partial charge in [-0.15, -0.1) is 0 Å². The van der Waals surface area contributed by atoms with E-state index >= 15 is 0 Å². The van der Waals surface area contributed by atoms with E-state index in [1.165, 1.54) is 11.8 Å². The first-order valence-electron chi connectivity index (χ1n) is 6.26. The fourth-order valence-corrected chi connectivity index (χ4v) is 1.92. The van der Waals surface area contributed by atoms with Crippen molar-refractivity contribution in [1.29, 1.82) is 0 Å². The summed E-state index contributed by atoms with van der Waals surface area (Å²) in [5.74, 6) is -0.281. The predicted molar refractivity (Wildman–Crippen MR) is 71.9 cm³/mol. The molecule has 0 fully saturated rings. The first-order chi connectivity index (χ1) is 9.19. The van der Waals surface area contributed by atoms with Gasteiger partial charge in [0, 0.05) is 6.54 Å². The highest BCUT2D eigenvalue weighted by Gasteiger charge is 2.11. The molecule has 2 rings (SSSR count). The van der Waals surface area contributed by atoms with Crippen LogP contribution in [0.15, 0.2) is 47.1 Å². The molecule has 1 aromatic heterocycles. The van der Waals surface area contributed by atoms with Crippen molar-refractivity contribution in [1.82, 2.24) is 4.90 Å². The van der Waals surface area contributed by atoms with Gasteiger partial charge in [-0.05, 0) is 18.2 Å². The minimum Gasteiger partial charge on any atom is -0.478 e. The lowest BCUT2D eigenvalue weighted by atomic mass is 10.2. The maximum Gasteiger partial charge on any atom is 0.338 e. The zero-order valence-corrected chi connectivity index (χ0v) is 10.9. The summed E-state index contributed by atoms with van der Waals surface area (Å²) in [6, 6.07) is 11.7. The molecule has 0 spiro atoms. The number of hydrogen-bond donors (Lipinski definition) is 1. The van der Waals surface area contributed by atoms with Gasteiger partial charge in [-0.25, -0.2) is 4.79 Å². The molecule has 19 heavy (non-hydrogen) atoms. The van der Waals surface area contributed by atoms with Crippen LogP contribution < -0.4 is 0 Å². The third kappa shape index (κ3) is 3.69. The van der Waals surface area contributed by atoms with Crippen LogP contribution in [0.2, 0.25) is 0 Å². The topological polar surface area (TPSA) is 53.7 Å². The molecule has 0 saturated carbocycles. The number of carboxylic acid groups (broad SMARTS) is 1. The van der Waals surface area contributed by atoms with Crippen molar-refractivity contribution in [2.75, 3.05) is 6.54 Å². The molecule has 0 atom stereocenters. The summed E-state index contributed by atoms with van der Waals surface area (Å²) in [6.07, 6.45) is 1.29. The Hall–Kier alpha value is -2.07. The van der Waals surface area contributed by atoms with Gasteiger partial charge in [-0.1, -0.05) is 37.3 Å². The van der Waals surface area contributed by atoms with Gasteiger partial charge in [0.05, 0.1) is 12.1 Å². The lowest BCUT2D eigenvalue weighted by Gasteiger charge is -2.18. The summed E-state index contributed by atoms with van der Waals surface area (Å²) in [4.78, 5) is 13.0. The minimum atomic E-state index is -0.957. The third-order valence-electron chi connectivity index (χ3n) is 2.98. The molecule has 0 amide bonds. The summed E-state index contributed by atoms with van der Waals surface area (Å²) in [5, 5.41) is 8.85. The Bertz CT molecular complexity index is 533. The van der Waals surface area contributed by atoms with Crippen LogP contribution in [0, 0.1) is 0 Å². The number of furan rings is 1. The van der Waals surface area contributed by atoms with Crippen LogP contribution in [-0.2, 0) is 13.1 Å². The smallest absolute Gasteiger partial charge is 0.338 e. The number of nitrogens with zero attached hydrogens (tertiary/aromatic N) is 1. The van der Waals surface area contributed by atoms with Crippen molar-refractivity contribution in [3.63, 3.8) is 0 Å². The third-order valence-corrected chi connectivity index (χ3v) is 2.98. The number of rotatable bonds is 6. The first-order valence-corrected chi connectivity index (χ1v) is 6.26. The van der Waals surface area contributed by atoms with Crippen LogP contribution in [0.25, 0.3) is 0 Å². The normalized spacial score (nSPS) is 10.8. The van der Waals surface area contributed by atoms with Crippen molar-refractivity contribution < 1.29 is 14.3 Å². The van der Waals surface area contributed by atoms with Crippen molar-refractivity contribution in [2.45, 2.75) is 20.0 Å². The largest absolute Gasteiger partial charge is 0.478 e. The summed E-state index contributed by atoms with van der Waals surface area (Å²) in [7, 11) is 0. The zero-order valence-electron chi connectivity index (χ0n) is 10.9. The van der Waals surface area contributed by atoms with E-state index in [9.17, 15) is 4.79 Å². The Labute approximate surface area is 112 Å². The molecule has 4 nitrogen and oxygen atoms in total. The van der Waals surface area contributed by atoms with Crippen molar-refractivity contribution in [3.05, 3.63) is 59.5 Å².